The molecular weight excluding hydrogens is 381 g/mol. The van der Waals surface area contributed by atoms with Gasteiger partial charge in [-0.25, -0.2) is 4.79 Å². The van der Waals surface area contributed by atoms with Crippen molar-refractivity contribution < 1.29 is 9.15 Å². The topological polar surface area (TPSA) is 44.4 Å². The van der Waals surface area contributed by atoms with E-state index in [1.165, 1.54) is 0 Å². The van der Waals surface area contributed by atoms with Crippen LogP contribution in [0.1, 0.15) is 11.1 Å². The summed E-state index contributed by atoms with van der Waals surface area (Å²) in [6.07, 6.45) is 0. The molecule has 0 saturated carbocycles. The Morgan fingerprint density at radius 1 is 1.24 bits per heavy atom. The van der Waals surface area contributed by atoms with Crippen molar-refractivity contribution in [3.8, 4) is 5.75 Å². The number of oxazole rings is 1. The van der Waals surface area contributed by atoms with E-state index in [4.69, 9.17) is 9.15 Å². The van der Waals surface area contributed by atoms with Gasteiger partial charge in [-0.1, -0.05) is 17.7 Å². The van der Waals surface area contributed by atoms with E-state index in [0.29, 0.717) is 12.1 Å². The lowest BCUT2D eigenvalue weighted by molar-refractivity contribution is 0.407. The Balaban J connectivity index is 2.14. The van der Waals surface area contributed by atoms with E-state index < -0.39 is 0 Å². The van der Waals surface area contributed by atoms with Gasteiger partial charge in [0.1, 0.15) is 5.75 Å². The SMILES string of the molecule is COc1ccc(C)cc1Cn1c(=O)oc2ccc(I)cc21. The van der Waals surface area contributed by atoms with Crippen molar-refractivity contribution in [3.05, 3.63) is 61.6 Å². The molecule has 1 heterocycles. The summed E-state index contributed by atoms with van der Waals surface area (Å²) in [6, 6.07) is 11.6. The number of rotatable bonds is 3. The Morgan fingerprint density at radius 3 is 2.81 bits per heavy atom. The molecule has 0 atom stereocenters. The molecule has 0 unspecified atom stereocenters. The molecule has 21 heavy (non-hydrogen) atoms. The van der Waals surface area contributed by atoms with E-state index in [2.05, 4.69) is 22.6 Å². The fourth-order valence-electron chi connectivity index (χ4n) is 2.39. The highest BCUT2D eigenvalue weighted by Gasteiger charge is 2.12. The first-order valence-electron chi connectivity index (χ1n) is 6.51. The summed E-state index contributed by atoms with van der Waals surface area (Å²) in [5.74, 6) is 0.419. The minimum atomic E-state index is -0.351. The Labute approximate surface area is 135 Å². The number of nitrogens with zero attached hydrogens (tertiary/aromatic N) is 1. The van der Waals surface area contributed by atoms with Crippen molar-refractivity contribution in [3.63, 3.8) is 0 Å². The van der Waals surface area contributed by atoms with E-state index >= 15 is 0 Å². The zero-order valence-electron chi connectivity index (χ0n) is 11.7. The van der Waals surface area contributed by atoms with Gasteiger partial charge in [0, 0.05) is 9.13 Å². The zero-order valence-corrected chi connectivity index (χ0v) is 13.9. The summed E-state index contributed by atoms with van der Waals surface area (Å²) in [7, 11) is 1.63. The van der Waals surface area contributed by atoms with Crippen LogP contribution in [0.4, 0.5) is 0 Å². The van der Waals surface area contributed by atoms with Crippen molar-refractivity contribution in [2.24, 2.45) is 0 Å². The molecule has 0 spiro atoms. The van der Waals surface area contributed by atoms with Gasteiger partial charge in [0.2, 0.25) is 0 Å². The predicted molar refractivity (Wildman–Crippen MR) is 90.0 cm³/mol. The first kappa shape index (κ1) is 14.2. The number of hydrogen-bond acceptors (Lipinski definition) is 3. The number of hydrogen-bond donors (Lipinski definition) is 0. The monoisotopic (exact) mass is 395 g/mol. The lowest BCUT2D eigenvalue weighted by Crippen LogP contribution is -2.15. The Morgan fingerprint density at radius 2 is 2.05 bits per heavy atom. The van der Waals surface area contributed by atoms with Gasteiger partial charge in [-0.3, -0.25) is 4.57 Å². The van der Waals surface area contributed by atoms with Crippen LogP contribution in [0, 0.1) is 10.5 Å². The lowest BCUT2D eigenvalue weighted by atomic mass is 10.1. The second-order valence-electron chi connectivity index (χ2n) is 4.88. The second-order valence-corrected chi connectivity index (χ2v) is 6.13. The molecule has 1 aromatic heterocycles. The highest BCUT2D eigenvalue weighted by Crippen LogP contribution is 2.23. The van der Waals surface area contributed by atoms with Crippen LogP contribution < -0.4 is 10.5 Å². The van der Waals surface area contributed by atoms with Crippen molar-refractivity contribution in [1.29, 1.82) is 0 Å². The van der Waals surface area contributed by atoms with Gasteiger partial charge in [-0.2, -0.15) is 0 Å². The smallest absolute Gasteiger partial charge is 0.420 e. The van der Waals surface area contributed by atoms with Gasteiger partial charge in [0.05, 0.1) is 19.2 Å². The number of benzene rings is 2. The van der Waals surface area contributed by atoms with Gasteiger partial charge in [-0.05, 0) is 53.8 Å². The number of methoxy groups -OCH3 is 1. The number of aryl methyl sites for hydroxylation is 1. The minimum absolute atomic E-state index is 0.351. The van der Waals surface area contributed by atoms with Crippen LogP contribution in [0.3, 0.4) is 0 Å². The molecule has 0 aliphatic heterocycles. The number of ether oxygens (including phenoxy) is 1. The van der Waals surface area contributed by atoms with Crippen LogP contribution in [0.25, 0.3) is 11.1 Å². The Kier molecular flexibility index (Phi) is 3.75. The maximum absolute atomic E-state index is 12.1. The summed E-state index contributed by atoms with van der Waals surface area (Å²) < 4.78 is 13.4. The first-order chi connectivity index (χ1) is 10.1. The molecule has 4 nitrogen and oxygen atoms in total. The standard InChI is InChI=1S/C16H14INO3/c1-10-3-5-14(20-2)11(7-10)9-18-13-8-12(17)4-6-15(13)21-16(18)19/h3-8H,9H2,1-2H3. The highest BCUT2D eigenvalue weighted by molar-refractivity contribution is 14.1. The molecule has 0 N–H and O–H groups in total. The second kappa shape index (κ2) is 5.55. The molecule has 0 amide bonds. The first-order valence-corrected chi connectivity index (χ1v) is 7.59. The normalized spacial score (nSPS) is 11.0. The number of fused-ring (bicyclic) bond motifs is 1. The molecule has 5 heteroatoms. The van der Waals surface area contributed by atoms with Crippen LogP contribution in [0.5, 0.6) is 5.75 Å². The van der Waals surface area contributed by atoms with Crippen LogP contribution in [0.15, 0.2) is 45.6 Å². The van der Waals surface area contributed by atoms with E-state index in [-0.39, 0.29) is 5.76 Å². The summed E-state index contributed by atoms with van der Waals surface area (Å²) in [5.41, 5.74) is 3.49. The van der Waals surface area contributed by atoms with Gasteiger partial charge in [0.15, 0.2) is 5.58 Å². The third-order valence-electron chi connectivity index (χ3n) is 3.39. The molecule has 0 aliphatic rings. The van der Waals surface area contributed by atoms with E-state index in [1.54, 1.807) is 11.7 Å². The molecule has 0 aliphatic carbocycles. The summed E-state index contributed by atoms with van der Waals surface area (Å²) in [5, 5.41) is 0. The van der Waals surface area contributed by atoms with Crippen molar-refractivity contribution in [1.82, 2.24) is 4.57 Å². The average molecular weight is 395 g/mol. The Bertz CT molecular complexity index is 864. The average Bonchev–Trinajstić information content (AvgIpc) is 2.75. The van der Waals surface area contributed by atoms with E-state index in [0.717, 1.165) is 26.0 Å². The number of halogens is 1. The number of aromatic nitrogens is 1. The van der Waals surface area contributed by atoms with Crippen LogP contribution in [-0.2, 0) is 6.54 Å². The van der Waals surface area contributed by atoms with Gasteiger partial charge in [0.25, 0.3) is 0 Å². The third kappa shape index (κ3) is 2.70. The highest BCUT2D eigenvalue weighted by atomic mass is 127. The van der Waals surface area contributed by atoms with Gasteiger partial charge < -0.3 is 9.15 Å². The molecule has 0 fully saturated rings. The van der Waals surface area contributed by atoms with Crippen LogP contribution >= 0.6 is 22.6 Å². The summed E-state index contributed by atoms with van der Waals surface area (Å²) in [6.45, 7) is 2.44. The van der Waals surface area contributed by atoms with E-state index in [1.807, 2.05) is 43.3 Å². The van der Waals surface area contributed by atoms with Crippen molar-refractivity contribution >= 4 is 33.7 Å². The quantitative estimate of drug-likeness (QED) is 0.637. The summed E-state index contributed by atoms with van der Waals surface area (Å²) >= 11 is 2.22. The molecule has 0 saturated heterocycles. The minimum Gasteiger partial charge on any atom is -0.496 e. The fraction of sp³-hybridized carbons (Fsp3) is 0.188. The van der Waals surface area contributed by atoms with Crippen LogP contribution in [-0.4, -0.2) is 11.7 Å². The molecule has 0 radical (unpaired) electrons. The van der Waals surface area contributed by atoms with Crippen molar-refractivity contribution in [2.45, 2.75) is 13.5 Å². The third-order valence-corrected chi connectivity index (χ3v) is 4.06. The van der Waals surface area contributed by atoms with Gasteiger partial charge in [-0.15, -0.1) is 0 Å². The zero-order chi connectivity index (χ0) is 15.0. The fourth-order valence-corrected chi connectivity index (χ4v) is 2.86. The lowest BCUT2D eigenvalue weighted by Gasteiger charge is -2.10. The largest absolute Gasteiger partial charge is 0.496 e. The maximum atomic E-state index is 12.1. The maximum Gasteiger partial charge on any atom is 0.420 e. The predicted octanol–water partition coefficient (Wildman–Crippen LogP) is 3.56. The Hall–Kier alpha value is -1.76. The molecule has 0 bridgehead atoms. The summed E-state index contributed by atoms with van der Waals surface area (Å²) in [4.78, 5) is 12.1. The van der Waals surface area contributed by atoms with Crippen molar-refractivity contribution in [2.75, 3.05) is 7.11 Å². The molecule has 2 aromatic carbocycles. The molecular formula is C16H14INO3. The molecule has 108 valence electrons. The molecule has 3 aromatic rings. The van der Waals surface area contributed by atoms with Crippen LogP contribution in [0.2, 0.25) is 0 Å². The van der Waals surface area contributed by atoms with E-state index in [9.17, 15) is 4.79 Å². The van der Waals surface area contributed by atoms with Gasteiger partial charge >= 0.3 is 5.76 Å². The molecule has 3 rings (SSSR count).